The molecule has 0 bridgehead atoms. The molecule has 0 radical (unpaired) electrons. The topological polar surface area (TPSA) is 17.1 Å². The zero-order valence-corrected chi connectivity index (χ0v) is 9.21. The predicted molar refractivity (Wildman–Crippen MR) is 60.1 cm³/mol. The van der Waals surface area contributed by atoms with Gasteiger partial charge in [-0.3, -0.25) is 4.79 Å². The van der Waals surface area contributed by atoms with Crippen molar-refractivity contribution in [2.45, 2.75) is 33.6 Å². The maximum Gasteiger partial charge on any atom is 0.178 e. The molecule has 1 aliphatic carbocycles. The van der Waals surface area contributed by atoms with Crippen molar-refractivity contribution in [1.29, 1.82) is 0 Å². The standard InChI is InChI=1S/C13H18O/c1-11(2)5-4-8-13(3)9-6-12(14)7-10-13/h5-7,9-10H,4,8H2,1-3H3. The van der Waals surface area contributed by atoms with E-state index in [9.17, 15) is 4.79 Å². The van der Waals surface area contributed by atoms with Crippen LogP contribution in [0.25, 0.3) is 0 Å². The fourth-order valence-electron chi connectivity index (χ4n) is 1.49. The van der Waals surface area contributed by atoms with Gasteiger partial charge in [0.1, 0.15) is 0 Å². The second-order valence-corrected chi connectivity index (χ2v) is 4.40. The second kappa shape index (κ2) is 4.41. The summed E-state index contributed by atoms with van der Waals surface area (Å²) < 4.78 is 0. The van der Waals surface area contributed by atoms with Crippen LogP contribution in [0.2, 0.25) is 0 Å². The molecule has 0 unspecified atom stereocenters. The molecular formula is C13H18O. The molecule has 0 heterocycles. The lowest BCUT2D eigenvalue weighted by molar-refractivity contribution is -0.110. The summed E-state index contributed by atoms with van der Waals surface area (Å²) in [4.78, 5) is 10.9. The fraction of sp³-hybridized carbons (Fsp3) is 0.462. The van der Waals surface area contributed by atoms with E-state index >= 15 is 0 Å². The molecule has 1 heteroatoms. The number of carbonyl (C=O) groups is 1. The van der Waals surface area contributed by atoms with E-state index in [-0.39, 0.29) is 11.2 Å². The molecular weight excluding hydrogens is 172 g/mol. The Balaban J connectivity index is 2.52. The van der Waals surface area contributed by atoms with Crippen LogP contribution in [0, 0.1) is 5.41 Å². The molecule has 0 aromatic carbocycles. The van der Waals surface area contributed by atoms with Crippen molar-refractivity contribution >= 4 is 5.78 Å². The van der Waals surface area contributed by atoms with Crippen LogP contribution in [-0.2, 0) is 4.79 Å². The SMILES string of the molecule is CC(C)=CCCC1(C)C=CC(=O)C=C1. The van der Waals surface area contributed by atoms with Crippen LogP contribution in [0.1, 0.15) is 33.6 Å². The van der Waals surface area contributed by atoms with Gasteiger partial charge in [0.05, 0.1) is 0 Å². The summed E-state index contributed by atoms with van der Waals surface area (Å²) in [7, 11) is 0. The van der Waals surface area contributed by atoms with E-state index in [1.807, 2.05) is 12.2 Å². The highest BCUT2D eigenvalue weighted by Gasteiger charge is 2.19. The highest BCUT2D eigenvalue weighted by Crippen LogP contribution is 2.29. The first-order valence-electron chi connectivity index (χ1n) is 5.08. The molecule has 0 spiro atoms. The lowest BCUT2D eigenvalue weighted by Gasteiger charge is -2.22. The monoisotopic (exact) mass is 190 g/mol. The van der Waals surface area contributed by atoms with Gasteiger partial charge in [0, 0.05) is 5.41 Å². The van der Waals surface area contributed by atoms with E-state index in [4.69, 9.17) is 0 Å². The van der Waals surface area contributed by atoms with Crippen LogP contribution in [0.4, 0.5) is 0 Å². The molecule has 0 atom stereocenters. The largest absolute Gasteiger partial charge is 0.290 e. The first kappa shape index (κ1) is 11.0. The molecule has 0 aliphatic heterocycles. The van der Waals surface area contributed by atoms with Crippen LogP contribution in [0.15, 0.2) is 36.0 Å². The van der Waals surface area contributed by atoms with Gasteiger partial charge in [0.25, 0.3) is 0 Å². The third kappa shape index (κ3) is 3.33. The molecule has 76 valence electrons. The number of ketones is 1. The van der Waals surface area contributed by atoms with Gasteiger partial charge in [-0.05, 0) is 38.8 Å². The minimum atomic E-state index is 0.0693. The molecule has 0 saturated heterocycles. The third-order valence-electron chi connectivity index (χ3n) is 2.49. The van der Waals surface area contributed by atoms with E-state index in [1.54, 1.807) is 12.2 Å². The zero-order chi connectivity index (χ0) is 10.6. The Bertz CT molecular complexity index is 285. The van der Waals surface area contributed by atoms with Gasteiger partial charge in [0.15, 0.2) is 5.78 Å². The first-order valence-corrected chi connectivity index (χ1v) is 5.08. The minimum Gasteiger partial charge on any atom is -0.290 e. The van der Waals surface area contributed by atoms with E-state index in [2.05, 4.69) is 26.8 Å². The van der Waals surface area contributed by atoms with Crippen molar-refractivity contribution < 1.29 is 4.79 Å². The van der Waals surface area contributed by atoms with Crippen molar-refractivity contribution in [2.75, 3.05) is 0 Å². The maximum atomic E-state index is 10.9. The highest BCUT2D eigenvalue weighted by atomic mass is 16.1. The number of hydrogen-bond acceptors (Lipinski definition) is 1. The minimum absolute atomic E-state index is 0.0693. The maximum absolute atomic E-state index is 10.9. The van der Waals surface area contributed by atoms with Crippen molar-refractivity contribution in [3.63, 3.8) is 0 Å². The Morgan fingerprint density at radius 2 is 1.93 bits per heavy atom. The van der Waals surface area contributed by atoms with Gasteiger partial charge in [-0.15, -0.1) is 0 Å². The normalized spacial score (nSPS) is 18.4. The lowest BCUT2D eigenvalue weighted by Crippen LogP contribution is -2.13. The van der Waals surface area contributed by atoms with E-state index in [0.29, 0.717) is 0 Å². The molecule has 0 aromatic heterocycles. The van der Waals surface area contributed by atoms with Crippen LogP contribution in [0.3, 0.4) is 0 Å². The summed E-state index contributed by atoms with van der Waals surface area (Å²) in [6.45, 7) is 6.38. The fourth-order valence-corrected chi connectivity index (χ4v) is 1.49. The average Bonchev–Trinajstić information content (AvgIpc) is 2.10. The van der Waals surface area contributed by atoms with Crippen LogP contribution in [0.5, 0.6) is 0 Å². The van der Waals surface area contributed by atoms with E-state index in [1.165, 1.54) is 5.57 Å². The van der Waals surface area contributed by atoms with Crippen LogP contribution in [-0.4, -0.2) is 5.78 Å². The quantitative estimate of drug-likeness (QED) is 0.623. The molecule has 14 heavy (non-hydrogen) atoms. The molecule has 1 nitrogen and oxygen atoms in total. The zero-order valence-electron chi connectivity index (χ0n) is 9.21. The Labute approximate surface area is 86.2 Å². The highest BCUT2D eigenvalue weighted by molar-refractivity contribution is 6.00. The smallest absolute Gasteiger partial charge is 0.178 e. The number of hydrogen-bond donors (Lipinski definition) is 0. The van der Waals surface area contributed by atoms with Gasteiger partial charge in [-0.1, -0.05) is 30.7 Å². The van der Waals surface area contributed by atoms with Gasteiger partial charge < -0.3 is 0 Å². The Morgan fingerprint density at radius 1 is 1.36 bits per heavy atom. The third-order valence-corrected chi connectivity index (χ3v) is 2.49. The molecule has 0 amide bonds. The summed E-state index contributed by atoms with van der Waals surface area (Å²) >= 11 is 0. The molecule has 0 fully saturated rings. The summed E-state index contributed by atoms with van der Waals surface area (Å²) in [5, 5.41) is 0. The average molecular weight is 190 g/mol. The first-order chi connectivity index (χ1) is 6.52. The number of allylic oxidation sites excluding steroid dienone is 6. The summed E-state index contributed by atoms with van der Waals surface area (Å²) in [5.41, 5.74) is 1.42. The van der Waals surface area contributed by atoms with Crippen LogP contribution >= 0.6 is 0 Å². The lowest BCUT2D eigenvalue weighted by atomic mass is 9.82. The van der Waals surface area contributed by atoms with Gasteiger partial charge in [0.2, 0.25) is 0 Å². The summed E-state index contributed by atoms with van der Waals surface area (Å²) in [5.74, 6) is 0.102. The van der Waals surface area contributed by atoms with Crippen LogP contribution < -0.4 is 0 Å². The van der Waals surface area contributed by atoms with Crippen molar-refractivity contribution in [3.05, 3.63) is 36.0 Å². The second-order valence-electron chi connectivity index (χ2n) is 4.40. The molecule has 0 aromatic rings. The summed E-state index contributed by atoms with van der Waals surface area (Å²) in [6.07, 6.45) is 11.7. The number of rotatable bonds is 3. The molecule has 1 rings (SSSR count). The molecule has 0 N–H and O–H groups in total. The van der Waals surface area contributed by atoms with E-state index < -0.39 is 0 Å². The number of carbonyl (C=O) groups excluding carboxylic acids is 1. The van der Waals surface area contributed by atoms with Gasteiger partial charge in [-0.2, -0.15) is 0 Å². The predicted octanol–water partition coefficient (Wildman–Crippen LogP) is 3.43. The van der Waals surface area contributed by atoms with Crippen molar-refractivity contribution in [3.8, 4) is 0 Å². The molecule has 1 aliphatic rings. The Morgan fingerprint density at radius 3 is 2.43 bits per heavy atom. The van der Waals surface area contributed by atoms with Crippen molar-refractivity contribution in [2.24, 2.45) is 5.41 Å². The Kier molecular flexibility index (Phi) is 3.45. The van der Waals surface area contributed by atoms with E-state index in [0.717, 1.165) is 12.8 Å². The van der Waals surface area contributed by atoms with Gasteiger partial charge in [-0.25, -0.2) is 0 Å². The van der Waals surface area contributed by atoms with Crippen molar-refractivity contribution in [1.82, 2.24) is 0 Å². The molecule has 0 saturated carbocycles. The summed E-state index contributed by atoms with van der Waals surface area (Å²) in [6, 6.07) is 0. The Hall–Kier alpha value is -1.11. The van der Waals surface area contributed by atoms with Gasteiger partial charge >= 0.3 is 0 Å².